The normalized spacial score (nSPS) is 12.6. The molecule has 1 atom stereocenters. The number of carbonyl (C=O) groups excluding carboxylic acids is 3. The van der Waals surface area contributed by atoms with Crippen LogP contribution in [-0.4, -0.2) is 37.2 Å². The molecule has 0 N–H and O–H groups in total. The molecular weight excluding hydrogens is 949 g/mol. The second kappa shape index (κ2) is 65.1. The van der Waals surface area contributed by atoms with Crippen LogP contribution in [0.1, 0.15) is 329 Å². The van der Waals surface area contributed by atoms with Crippen LogP contribution in [-0.2, 0) is 28.6 Å². The Morgan fingerprint density at radius 2 is 0.506 bits per heavy atom. The summed E-state index contributed by atoms with van der Waals surface area (Å²) in [5, 5.41) is 0. The first-order valence-electron chi connectivity index (χ1n) is 33.1. The Kier molecular flexibility index (Phi) is 62.2. The molecule has 0 spiro atoms. The fourth-order valence-electron chi connectivity index (χ4n) is 9.48. The number of rotatable bonds is 60. The third kappa shape index (κ3) is 63.3. The lowest BCUT2D eigenvalue weighted by Gasteiger charge is -2.18. The van der Waals surface area contributed by atoms with Gasteiger partial charge in [0.15, 0.2) is 6.10 Å². The van der Waals surface area contributed by atoms with Crippen molar-refractivity contribution < 1.29 is 28.6 Å². The molecule has 0 saturated carbocycles. The zero-order valence-corrected chi connectivity index (χ0v) is 51.0. The number of hydrogen-bond donors (Lipinski definition) is 0. The molecule has 0 aliphatic rings. The molecule has 6 nitrogen and oxygen atoms in total. The van der Waals surface area contributed by atoms with Crippen LogP contribution in [0.5, 0.6) is 0 Å². The smallest absolute Gasteiger partial charge is 0.306 e. The van der Waals surface area contributed by atoms with E-state index in [9.17, 15) is 14.4 Å². The third-order valence-corrected chi connectivity index (χ3v) is 14.4. The van der Waals surface area contributed by atoms with Crippen molar-refractivity contribution in [2.75, 3.05) is 13.2 Å². The molecule has 77 heavy (non-hydrogen) atoms. The van der Waals surface area contributed by atoms with Crippen LogP contribution in [0.25, 0.3) is 0 Å². The zero-order chi connectivity index (χ0) is 55.7. The maximum Gasteiger partial charge on any atom is 0.306 e. The van der Waals surface area contributed by atoms with E-state index in [0.717, 1.165) is 109 Å². The van der Waals surface area contributed by atoms with E-state index >= 15 is 0 Å². The van der Waals surface area contributed by atoms with E-state index in [4.69, 9.17) is 14.2 Å². The lowest BCUT2D eigenvalue weighted by atomic mass is 10.0. The number of esters is 3. The second-order valence-corrected chi connectivity index (χ2v) is 22.0. The topological polar surface area (TPSA) is 78.9 Å². The first kappa shape index (κ1) is 73.6. The molecule has 0 fully saturated rings. The Morgan fingerprint density at radius 3 is 0.792 bits per heavy atom. The number of ether oxygens (including phenoxy) is 3. The van der Waals surface area contributed by atoms with Crippen molar-refractivity contribution in [3.05, 3.63) is 85.1 Å². The van der Waals surface area contributed by atoms with E-state index in [1.807, 2.05) is 0 Å². The van der Waals surface area contributed by atoms with Crippen molar-refractivity contribution in [2.24, 2.45) is 0 Å². The molecule has 0 radical (unpaired) electrons. The summed E-state index contributed by atoms with van der Waals surface area (Å²) in [6, 6.07) is 0. The number of unbranched alkanes of at least 4 members (excludes halogenated alkanes) is 35. The Hall–Kier alpha value is -3.41. The van der Waals surface area contributed by atoms with Gasteiger partial charge in [-0.15, -0.1) is 0 Å². The fraction of sp³-hybridized carbons (Fsp3) is 0.761. The Labute approximate surface area is 477 Å². The molecule has 0 amide bonds. The van der Waals surface area contributed by atoms with Crippen LogP contribution in [0.3, 0.4) is 0 Å². The molecule has 0 rings (SSSR count). The quantitative estimate of drug-likeness (QED) is 0.0261. The van der Waals surface area contributed by atoms with Crippen LogP contribution in [0.2, 0.25) is 0 Å². The molecular formula is C71H124O6. The van der Waals surface area contributed by atoms with E-state index in [2.05, 4.69) is 106 Å². The predicted molar refractivity (Wildman–Crippen MR) is 334 cm³/mol. The third-order valence-electron chi connectivity index (χ3n) is 14.4. The minimum Gasteiger partial charge on any atom is -0.462 e. The van der Waals surface area contributed by atoms with Gasteiger partial charge in [0.1, 0.15) is 13.2 Å². The summed E-state index contributed by atoms with van der Waals surface area (Å²) in [6.45, 7) is 6.56. The minimum atomic E-state index is -0.775. The second-order valence-electron chi connectivity index (χ2n) is 22.0. The monoisotopic (exact) mass is 1070 g/mol. The summed E-state index contributed by atoms with van der Waals surface area (Å²) in [6.07, 6.45) is 85.9. The highest BCUT2D eigenvalue weighted by atomic mass is 16.6. The van der Waals surface area contributed by atoms with Gasteiger partial charge in [-0.1, -0.05) is 318 Å². The van der Waals surface area contributed by atoms with E-state index in [1.54, 1.807) is 0 Å². The van der Waals surface area contributed by atoms with Gasteiger partial charge >= 0.3 is 17.9 Å². The van der Waals surface area contributed by atoms with Crippen LogP contribution >= 0.6 is 0 Å². The number of allylic oxidation sites excluding steroid dienone is 14. The first-order valence-corrected chi connectivity index (χ1v) is 33.1. The number of hydrogen-bond acceptors (Lipinski definition) is 6. The van der Waals surface area contributed by atoms with Crippen LogP contribution in [0.4, 0.5) is 0 Å². The van der Waals surface area contributed by atoms with Gasteiger partial charge in [0, 0.05) is 19.3 Å². The summed E-state index contributed by atoms with van der Waals surface area (Å²) in [5.41, 5.74) is 0. The minimum absolute atomic E-state index is 0.0726. The molecule has 0 aliphatic heterocycles. The van der Waals surface area contributed by atoms with Gasteiger partial charge in [-0.05, 0) is 77.0 Å². The molecule has 0 bridgehead atoms. The maximum absolute atomic E-state index is 12.9. The number of carbonyl (C=O) groups is 3. The first-order chi connectivity index (χ1) is 38.0. The summed E-state index contributed by atoms with van der Waals surface area (Å²) in [4.78, 5) is 38.3. The molecule has 0 aromatic rings. The summed E-state index contributed by atoms with van der Waals surface area (Å²) in [5.74, 6) is -0.862. The van der Waals surface area contributed by atoms with E-state index < -0.39 is 6.10 Å². The largest absolute Gasteiger partial charge is 0.462 e. The summed E-state index contributed by atoms with van der Waals surface area (Å²) >= 11 is 0. The standard InChI is InChI=1S/C71H124O6/c1-4-7-10-13-16-19-22-25-27-29-30-31-32-33-34-35-36-37-38-39-40-41-42-43-45-46-49-52-55-58-61-64-70(73)76-67-68(66-75-69(72)63-60-57-54-51-48-24-21-18-15-12-9-6-3)77-71(74)65-62-59-56-53-50-47-44-28-26-23-20-17-14-11-8-5-2/h7,10,16,19,25,27,30-31,33-34,36-37,39-40,68H,4-6,8-9,11-15,17-18,20-24,26,28-29,32,35,38,41-67H2,1-3H3/b10-7-,19-16-,27-25-,31-30-,34-33-,37-36-,40-39-. The predicted octanol–water partition coefficient (Wildman–Crippen LogP) is 22.7. The van der Waals surface area contributed by atoms with Crippen molar-refractivity contribution >= 4 is 17.9 Å². The van der Waals surface area contributed by atoms with E-state index in [-0.39, 0.29) is 31.1 Å². The molecule has 0 aromatic carbocycles. The molecule has 444 valence electrons. The lowest BCUT2D eigenvalue weighted by Crippen LogP contribution is -2.30. The van der Waals surface area contributed by atoms with E-state index in [0.29, 0.717) is 19.3 Å². The van der Waals surface area contributed by atoms with Crippen molar-refractivity contribution in [1.29, 1.82) is 0 Å². The van der Waals surface area contributed by atoms with Crippen LogP contribution in [0, 0.1) is 0 Å². The average molecular weight is 1070 g/mol. The Balaban J connectivity index is 4.23. The van der Waals surface area contributed by atoms with Gasteiger partial charge in [0.2, 0.25) is 0 Å². The highest BCUT2D eigenvalue weighted by molar-refractivity contribution is 5.71. The van der Waals surface area contributed by atoms with Gasteiger partial charge in [-0.25, -0.2) is 0 Å². The van der Waals surface area contributed by atoms with Crippen LogP contribution < -0.4 is 0 Å². The molecule has 0 aliphatic carbocycles. The van der Waals surface area contributed by atoms with Crippen LogP contribution in [0.15, 0.2) is 85.1 Å². The molecule has 1 unspecified atom stereocenters. The zero-order valence-electron chi connectivity index (χ0n) is 51.0. The average Bonchev–Trinajstić information content (AvgIpc) is 3.43. The Bertz CT molecular complexity index is 1470. The molecule has 0 heterocycles. The van der Waals surface area contributed by atoms with Gasteiger partial charge < -0.3 is 14.2 Å². The van der Waals surface area contributed by atoms with Crippen molar-refractivity contribution in [1.82, 2.24) is 0 Å². The van der Waals surface area contributed by atoms with Crippen molar-refractivity contribution in [3.8, 4) is 0 Å². The maximum atomic E-state index is 12.9. The van der Waals surface area contributed by atoms with Gasteiger partial charge in [-0.2, -0.15) is 0 Å². The lowest BCUT2D eigenvalue weighted by molar-refractivity contribution is -0.167. The molecule has 6 heteroatoms. The molecule has 0 aromatic heterocycles. The van der Waals surface area contributed by atoms with E-state index in [1.165, 1.54) is 180 Å². The molecule has 0 saturated heterocycles. The highest BCUT2D eigenvalue weighted by Crippen LogP contribution is 2.17. The highest BCUT2D eigenvalue weighted by Gasteiger charge is 2.19. The van der Waals surface area contributed by atoms with Gasteiger partial charge in [-0.3, -0.25) is 14.4 Å². The SMILES string of the molecule is CC/C=C\C/C=C\C/C=C\C/C=C\C/C=C\C/C=C\C/C=C\CCCCCCCCCCCC(=O)OCC(COC(=O)CCCCCCCCCCCCCC)OC(=O)CCCCCCCCCCCCCCCCCC. The van der Waals surface area contributed by atoms with Crippen molar-refractivity contribution in [3.63, 3.8) is 0 Å². The summed E-state index contributed by atoms with van der Waals surface area (Å²) < 4.78 is 16.9. The van der Waals surface area contributed by atoms with Gasteiger partial charge in [0.25, 0.3) is 0 Å². The Morgan fingerprint density at radius 1 is 0.273 bits per heavy atom. The van der Waals surface area contributed by atoms with Crippen molar-refractivity contribution in [2.45, 2.75) is 335 Å². The summed E-state index contributed by atoms with van der Waals surface area (Å²) in [7, 11) is 0. The van der Waals surface area contributed by atoms with Gasteiger partial charge in [0.05, 0.1) is 0 Å². The fourth-order valence-corrected chi connectivity index (χ4v) is 9.48.